The maximum Gasteiger partial charge on any atom is 0.132 e. The first-order valence-electron chi connectivity index (χ1n) is 8.21. The van der Waals surface area contributed by atoms with Gasteiger partial charge in [-0.1, -0.05) is 48.5 Å². The number of hydrogen-bond donors (Lipinski definition) is 2. The van der Waals surface area contributed by atoms with Crippen molar-refractivity contribution in [2.24, 2.45) is 0 Å². The first kappa shape index (κ1) is 16.4. The van der Waals surface area contributed by atoms with Gasteiger partial charge in [0.1, 0.15) is 5.82 Å². The number of para-hydroxylation sites is 1. The number of ether oxygens (including phenoxy) is 1. The monoisotopic (exact) mass is 322 g/mol. The average molecular weight is 322 g/mol. The number of aromatic nitrogens is 1. The quantitative estimate of drug-likeness (QED) is 0.692. The molecule has 1 unspecified atom stereocenters. The van der Waals surface area contributed by atoms with E-state index in [9.17, 15) is 5.11 Å². The van der Waals surface area contributed by atoms with E-state index in [-0.39, 0.29) is 12.7 Å². The second kappa shape index (κ2) is 7.90. The Labute approximate surface area is 142 Å². The highest BCUT2D eigenvalue weighted by Gasteiger charge is 2.13. The van der Waals surface area contributed by atoms with Crippen molar-refractivity contribution in [1.82, 2.24) is 4.98 Å². The Kier molecular flexibility index (Phi) is 5.41. The van der Waals surface area contributed by atoms with E-state index in [0.29, 0.717) is 19.0 Å². The molecule has 1 aromatic heterocycles. The number of aliphatic hydroxyl groups excluding tert-OH is 1. The largest absolute Gasteiger partial charge is 0.392 e. The molecule has 0 aliphatic rings. The van der Waals surface area contributed by atoms with Crippen molar-refractivity contribution in [2.75, 3.05) is 18.5 Å². The molecule has 124 valence electrons. The summed E-state index contributed by atoms with van der Waals surface area (Å²) in [5, 5.41) is 14.0. The highest BCUT2D eigenvalue weighted by Crippen LogP contribution is 2.23. The van der Waals surface area contributed by atoms with E-state index in [1.165, 1.54) is 0 Å². The predicted molar refractivity (Wildman–Crippen MR) is 97.0 cm³/mol. The maximum absolute atomic E-state index is 9.65. The Bertz CT molecular complexity index is 790. The zero-order valence-corrected chi connectivity index (χ0v) is 13.8. The number of benzene rings is 2. The third-order valence-corrected chi connectivity index (χ3v) is 3.97. The molecule has 0 saturated carbocycles. The van der Waals surface area contributed by atoms with E-state index in [0.717, 1.165) is 22.0 Å². The number of nitrogens with one attached hydrogen (secondary N) is 1. The summed E-state index contributed by atoms with van der Waals surface area (Å²) in [6, 6.07) is 20.0. The summed E-state index contributed by atoms with van der Waals surface area (Å²) in [5.74, 6) is 0.705. The molecular weight excluding hydrogens is 300 g/mol. The van der Waals surface area contributed by atoms with Gasteiger partial charge in [-0.2, -0.15) is 0 Å². The summed E-state index contributed by atoms with van der Waals surface area (Å²) in [5.41, 5.74) is 2.82. The molecule has 2 N–H and O–H groups in total. The van der Waals surface area contributed by atoms with Crippen LogP contribution in [0.4, 0.5) is 5.82 Å². The van der Waals surface area contributed by atoms with Crippen molar-refractivity contribution < 1.29 is 9.84 Å². The topological polar surface area (TPSA) is 54.4 Å². The van der Waals surface area contributed by atoms with Crippen LogP contribution in [0.25, 0.3) is 10.9 Å². The van der Waals surface area contributed by atoms with E-state index in [2.05, 4.69) is 22.4 Å². The number of aliphatic hydroxyl groups is 1. The molecule has 4 heteroatoms. The third-order valence-electron chi connectivity index (χ3n) is 3.97. The van der Waals surface area contributed by atoms with Crippen molar-refractivity contribution >= 4 is 16.7 Å². The van der Waals surface area contributed by atoms with Crippen molar-refractivity contribution in [1.29, 1.82) is 0 Å². The van der Waals surface area contributed by atoms with Gasteiger partial charge in [-0.25, -0.2) is 4.98 Å². The van der Waals surface area contributed by atoms with Crippen LogP contribution in [-0.4, -0.2) is 23.2 Å². The van der Waals surface area contributed by atoms with E-state index < -0.39 is 0 Å². The second-order valence-electron chi connectivity index (χ2n) is 5.58. The minimum atomic E-state index is -0.0592. The summed E-state index contributed by atoms with van der Waals surface area (Å²) in [6.45, 7) is 3.17. The number of rotatable bonds is 7. The maximum atomic E-state index is 9.65. The molecule has 0 aliphatic heterocycles. The minimum absolute atomic E-state index is 0.0508. The molecule has 0 radical (unpaired) electrons. The fraction of sp³-hybridized carbons (Fsp3) is 0.250. The van der Waals surface area contributed by atoms with Gasteiger partial charge in [0.15, 0.2) is 0 Å². The molecule has 0 saturated heterocycles. The van der Waals surface area contributed by atoms with Crippen molar-refractivity contribution in [3.8, 4) is 0 Å². The van der Waals surface area contributed by atoms with Gasteiger partial charge in [0.25, 0.3) is 0 Å². The number of pyridine rings is 1. The van der Waals surface area contributed by atoms with Crippen LogP contribution < -0.4 is 5.32 Å². The summed E-state index contributed by atoms with van der Waals surface area (Å²) < 4.78 is 5.86. The van der Waals surface area contributed by atoms with Crippen LogP contribution in [0.5, 0.6) is 0 Å². The lowest BCUT2D eigenvalue weighted by Crippen LogP contribution is -2.17. The molecule has 1 heterocycles. The van der Waals surface area contributed by atoms with Gasteiger partial charge < -0.3 is 15.2 Å². The number of anilines is 1. The Balaban J connectivity index is 1.82. The first-order valence-corrected chi connectivity index (χ1v) is 8.21. The Morgan fingerprint density at radius 1 is 1.08 bits per heavy atom. The minimum Gasteiger partial charge on any atom is -0.392 e. The second-order valence-corrected chi connectivity index (χ2v) is 5.58. The van der Waals surface area contributed by atoms with Crippen LogP contribution in [-0.2, 0) is 11.3 Å². The van der Waals surface area contributed by atoms with E-state index in [1.54, 1.807) is 0 Å². The third kappa shape index (κ3) is 3.72. The van der Waals surface area contributed by atoms with Crippen LogP contribution in [0, 0.1) is 0 Å². The molecule has 0 fully saturated rings. The van der Waals surface area contributed by atoms with Crippen LogP contribution in [0.2, 0.25) is 0 Å². The number of fused-ring (bicyclic) bond motifs is 1. The molecule has 0 spiro atoms. The van der Waals surface area contributed by atoms with Crippen LogP contribution in [0.15, 0.2) is 60.7 Å². The predicted octanol–water partition coefficient (Wildman–Crippen LogP) is 3.92. The summed E-state index contributed by atoms with van der Waals surface area (Å²) in [6.07, 6.45) is -0.0592. The molecule has 3 rings (SSSR count). The molecule has 0 amide bonds. The molecule has 0 bridgehead atoms. The van der Waals surface area contributed by atoms with Gasteiger partial charge in [-0.15, -0.1) is 0 Å². The van der Waals surface area contributed by atoms with Crippen molar-refractivity contribution in [2.45, 2.75) is 19.6 Å². The fourth-order valence-electron chi connectivity index (χ4n) is 2.76. The Morgan fingerprint density at radius 2 is 1.83 bits per heavy atom. The van der Waals surface area contributed by atoms with Crippen LogP contribution in [0.3, 0.4) is 0 Å². The first-order chi connectivity index (χ1) is 11.8. The highest BCUT2D eigenvalue weighted by molar-refractivity contribution is 5.81. The number of nitrogens with zero attached hydrogens (tertiary/aromatic N) is 1. The van der Waals surface area contributed by atoms with Crippen molar-refractivity contribution in [3.63, 3.8) is 0 Å². The van der Waals surface area contributed by atoms with Crippen LogP contribution >= 0.6 is 0 Å². The summed E-state index contributed by atoms with van der Waals surface area (Å²) in [4.78, 5) is 4.65. The molecule has 1 atom stereocenters. The van der Waals surface area contributed by atoms with Crippen molar-refractivity contribution in [3.05, 3.63) is 71.8 Å². The van der Waals surface area contributed by atoms with E-state index >= 15 is 0 Å². The molecule has 3 aromatic rings. The van der Waals surface area contributed by atoms with Gasteiger partial charge in [0.2, 0.25) is 0 Å². The number of hydrogen-bond acceptors (Lipinski definition) is 4. The van der Waals surface area contributed by atoms with E-state index in [4.69, 9.17) is 4.74 Å². The van der Waals surface area contributed by atoms with Crippen LogP contribution in [0.1, 0.15) is 24.2 Å². The molecule has 4 nitrogen and oxygen atoms in total. The average Bonchev–Trinajstić information content (AvgIpc) is 2.65. The Morgan fingerprint density at radius 3 is 2.58 bits per heavy atom. The zero-order chi connectivity index (χ0) is 16.8. The Hall–Kier alpha value is -2.43. The van der Waals surface area contributed by atoms with E-state index in [1.807, 2.05) is 55.5 Å². The lowest BCUT2D eigenvalue weighted by atomic mass is 10.1. The zero-order valence-electron chi connectivity index (χ0n) is 13.8. The standard InChI is InChI=1S/C20H22N2O2/c1-2-24-19(15-8-4-3-5-9-15)13-21-20-17(14-23)12-16-10-6-7-11-18(16)22-20/h3-12,19,23H,2,13-14H2,1H3,(H,21,22). The normalized spacial score (nSPS) is 12.2. The lowest BCUT2D eigenvalue weighted by molar-refractivity contribution is 0.0718. The lowest BCUT2D eigenvalue weighted by Gasteiger charge is -2.19. The van der Waals surface area contributed by atoms with Gasteiger partial charge in [0, 0.05) is 24.1 Å². The fourth-order valence-corrected chi connectivity index (χ4v) is 2.76. The van der Waals surface area contributed by atoms with Gasteiger partial charge in [-0.3, -0.25) is 0 Å². The van der Waals surface area contributed by atoms with Gasteiger partial charge in [-0.05, 0) is 24.6 Å². The highest BCUT2D eigenvalue weighted by atomic mass is 16.5. The SMILES string of the molecule is CCOC(CNc1nc2ccccc2cc1CO)c1ccccc1. The molecule has 0 aliphatic carbocycles. The van der Waals surface area contributed by atoms with Gasteiger partial charge in [0.05, 0.1) is 18.2 Å². The molecule has 2 aromatic carbocycles. The van der Waals surface area contributed by atoms with Gasteiger partial charge >= 0.3 is 0 Å². The molecular formula is C20H22N2O2. The smallest absolute Gasteiger partial charge is 0.132 e. The summed E-state index contributed by atoms with van der Waals surface area (Å²) >= 11 is 0. The molecule has 24 heavy (non-hydrogen) atoms. The summed E-state index contributed by atoms with van der Waals surface area (Å²) in [7, 11) is 0.